The number of amides is 3. The van der Waals surface area contributed by atoms with Gasteiger partial charge in [-0.15, -0.1) is 0 Å². The van der Waals surface area contributed by atoms with Crippen LogP contribution in [0.3, 0.4) is 0 Å². The van der Waals surface area contributed by atoms with Gasteiger partial charge in [-0.3, -0.25) is 0 Å². The van der Waals surface area contributed by atoms with Gasteiger partial charge < -0.3 is 73.1 Å². The summed E-state index contributed by atoms with van der Waals surface area (Å²) in [6.45, 7) is 8.97. The maximum atomic E-state index is 12.7. The van der Waals surface area contributed by atoms with Gasteiger partial charge in [-0.1, -0.05) is 30.3 Å². The largest absolute Gasteiger partial charge is 0.447 e. The molecule has 0 aromatic heterocycles. The number of carbonyl (C=O) groups is 2. The molecule has 3 amide bonds. The topological polar surface area (TPSA) is 239 Å². The molecule has 1 heterocycles. The maximum Gasteiger partial charge on any atom is 0.407 e. The van der Waals surface area contributed by atoms with E-state index in [0.717, 1.165) is 96.4 Å². The van der Waals surface area contributed by atoms with Crippen molar-refractivity contribution in [2.75, 3.05) is 85.1 Å². The lowest BCUT2D eigenvalue weighted by molar-refractivity contribution is -0.272. The van der Waals surface area contributed by atoms with Gasteiger partial charge in [0.1, 0.15) is 31.0 Å². The molecule has 50 heavy (non-hydrogen) atoms. The second-order valence-electron chi connectivity index (χ2n) is 12.3. The fraction of sp³-hybridized carbons (Fsp3) is 0.765. The van der Waals surface area contributed by atoms with E-state index in [2.05, 4.69) is 37.2 Å². The highest BCUT2D eigenvalue weighted by molar-refractivity contribution is 5.74. The van der Waals surface area contributed by atoms with Crippen molar-refractivity contribution in [2.45, 2.75) is 82.2 Å². The number of benzene rings is 1. The number of hydrogen-bond acceptors (Lipinski definition) is 13. The molecule has 5 atom stereocenters. The van der Waals surface area contributed by atoms with Crippen molar-refractivity contribution in [3.8, 4) is 0 Å². The molecule has 0 spiro atoms. The first-order valence-corrected chi connectivity index (χ1v) is 18.3. The Balaban J connectivity index is 1.71. The van der Waals surface area contributed by atoms with Crippen molar-refractivity contribution >= 4 is 12.1 Å². The zero-order valence-electron chi connectivity index (χ0n) is 29.7. The van der Waals surface area contributed by atoms with E-state index in [9.17, 15) is 19.8 Å². The first-order valence-electron chi connectivity index (χ1n) is 18.3. The highest BCUT2D eigenvalue weighted by Crippen LogP contribution is 2.24. The lowest BCUT2D eigenvalue weighted by Gasteiger charge is -2.42. The van der Waals surface area contributed by atoms with E-state index < -0.39 is 42.8 Å². The molecule has 16 nitrogen and oxygen atoms in total. The first-order chi connectivity index (χ1) is 24.5. The molecule has 1 fully saturated rings. The minimum atomic E-state index is -1.44. The average Bonchev–Trinajstić information content (AvgIpc) is 3.12. The van der Waals surface area contributed by atoms with Crippen LogP contribution < -0.4 is 48.7 Å². The van der Waals surface area contributed by atoms with Gasteiger partial charge in [0.2, 0.25) is 0 Å². The van der Waals surface area contributed by atoms with E-state index >= 15 is 0 Å². The molecule has 0 radical (unpaired) electrons. The fourth-order valence-corrected chi connectivity index (χ4v) is 5.18. The number of aliphatic hydroxyl groups excluding tert-OH is 2. The van der Waals surface area contributed by atoms with Crippen LogP contribution in [0, 0.1) is 0 Å². The standard InChI is InChI=1S/C34H65N9O7/c35-13-8-19-37-15-4-5-16-39-21-10-23-42-34(47)49-26-28-30(44)31(45)29(32(50-28)48-25-27-11-2-1-3-12-27)43-33(46)41-22-9-20-38-17-6-7-18-40-24-14-36/h1-3,11-12,28-32,37-40,44-45H,4-10,13-26,35-36H2,(H,42,47)(H2,41,43,46). The van der Waals surface area contributed by atoms with E-state index in [1.807, 2.05) is 30.3 Å². The van der Waals surface area contributed by atoms with Crippen molar-refractivity contribution in [3.63, 3.8) is 0 Å². The zero-order chi connectivity index (χ0) is 36.1. The average molecular weight is 712 g/mol. The number of rotatable bonds is 29. The third kappa shape index (κ3) is 20.3. The molecule has 0 saturated carbocycles. The molecular weight excluding hydrogens is 646 g/mol. The molecule has 16 heteroatoms. The molecule has 1 aromatic rings. The smallest absolute Gasteiger partial charge is 0.407 e. The van der Waals surface area contributed by atoms with Crippen molar-refractivity contribution in [1.29, 1.82) is 0 Å². The summed E-state index contributed by atoms with van der Waals surface area (Å²) in [4.78, 5) is 25.1. The molecule has 1 saturated heterocycles. The predicted octanol–water partition coefficient (Wildman–Crippen LogP) is -0.950. The minimum absolute atomic E-state index is 0.136. The molecule has 5 unspecified atom stereocenters. The van der Waals surface area contributed by atoms with Crippen LogP contribution in [0.15, 0.2) is 30.3 Å². The summed E-state index contributed by atoms with van der Waals surface area (Å²) in [5.41, 5.74) is 11.8. The number of aliphatic hydroxyl groups is 2. The summed E-state index contributed by atoms with van der Waals surface area (Å²) in [5.74, 6) is 0. The Morgan fingerprint density at radius 2 is 1.24 bits per heavy atom. The van der Waals surface area contributed by atoms with Crippen molar-refractivity contribution in [1.82, 2.24) is 37.2 Å². The molecular formula is C34H65N9O7. The normalized spacial score (nSPS) is 20.4. The Bertz CT molecular complexity index is 986. The Labute approximate surface area is 297 Å². The van der Waals surface area contributed by atoms with Crippen LogP contribution in [-0.2, 0) is 20.8 Å². The third-order valence-corrected chi connectivity index (χ3v) is 8.04. The second-order valence-corrected chi connectivity index (χ2v) is 12.3. The maximum absolute atomic E-state index is 12.7. The lowest BCUT2D eigenvalue weighted by Crippen LogP contribution is -2.65. The summed E-state index contributed by atoms with van der Waals surface area (Å²) in [7, 11) is 0. The van der Waals surface area contributed by atoms with E-state index in [1.165, 1.54) is 0 Å². The Morgan fingerprint density at radius 1 is 0.680 bits per heavy atom. The van der Waals surface area contributed by atoms with Crippen molar-refractivity contribution in [3.05, 3.63) is 35.9 Å². The van der Waals surface area contributed by atoms with Gasteiger partial charge in [0.25, 0.3) is 0 Å². The second kappa shape index (κ2) is 29.0. The first kappa shape index (κ1) is 43.5. The molecule has 13 N–H and O–H groups in total. The highest BCUT2D eigenvalue weighted by atomic mass is 16.7. The Hall–Kier alpha value is -2.64. The number of carbonyl (C=O) groups excluding carboxylic acids is 2. The number of ether oxygens (including phenoxy) is 3. The number of nitrogens with two attached hydrogens (primary N) is 2. The van der Waals surface area contributed by atoms with Crippen LogP contribution in [0.4, 0.5) is 9.59 Å². The van der Waals surface area contributed by atoms with Crippen LogP contribution >= 0.6 is 0 Å². The van der Waals surface area contributed by atoms with Gasteiger partial charge in [-0.05, 0) is 103 Å². The molecule has 0 aliphatic carbocycles. The van der Waals surface area contributed by atoms with Crippen LogP contribution in [0.1, 0.15) is 50.5 Å². The Kier molecular flexibility index (Phi) is 25.2. The van der Waals surface area contributed by atoms with Crippen molar-refractivity contribution < 1.29 is 34.0 Å². The molecule has 1 aromatic carbocycles. The number of alkyl carbamates (subject to hydrolysis) is 1. The fourth-order valence-electron chi connectivity index (χ4n) is 5.18. The Morgan fingerprint density at radius 3 is 1.84 bits per heavy atom. The number of nitrogens with one attached hydrogen (secondary N) is 7. The number of unbranched alkanes of at least 4 members (excludes halogenated alkanes) is 2. The summed E-state index contributed by atoms with van der Waals surface area (Å²) >= 11 is 0. The van der Waals surface area contributed by atoms with Crippen LogP contribution in [-0.4, -0.2) is 138 Å². The number of hydrogen-bond donors (Lipinski definition) is 11. The zero-order valence-corrected chi connectivity index (χ0v) is 29.7. The summed E-state index contributed by atoms with van der Waals surface area (Å²) in [6.07, 6.45) is 0.930. The monoisotopic (exact) mass is 712 g/mol. The van der Waals surface area contributed by atoms with Crippen LogP contribution in [0.25, 0.3) is 0 Å². The van der Waals surface area contributed by atoms with Gasteiger partial charge in [0.15, 0.2) is 6.29 Å². The minimum Gasteiger partial charge on any atom is -0.447 e. The number of urea groups is 1. The van der Waals surface area contributed by atoms with Gasteiger partial charge in [-0.2, -0.15) is 0 Å². The quantitative estimate of drug-likeness (QED) is 0.0450. The highest BCUT2D eigenvalue weighted by Gasteiger charge is 2.46. The van der Waals surface area contributed by atoms with Gasteiger partial charge in [-0.25, -0.2) is 9.59 Å². The summed E-state index contributed by atoms with van der Waals surface area (Å²) in [5, 5.41) is 43.4. The summed E-state index contributed by atoms with van der Waals surface area (Å²) < 4.78 is 17.2. The molecule has 1 aliphatic rings. The van der Waals surface area contributed by atoms with Crippen LogP contribution in [0.5, 0.6) is 0 Å². The van der Waals surface area contributed by atoms with Gasteiger partial charge in [0, 0.05) is 26.2 Å². The lowest BCUT2D eigenvalue weighted by atomic mass is 9.97. The third-order valence-electron chi connectivity index (χ3n) is 8.04. The SMILES string of the molecule is NCCCNCCCCNCCCNC(=O)OCC1OC(OCc2ccccc2)C(NC(=O)NCCCNCCCCNCCN)C(O)C1O. The predicted molar refractivity (Wildman–Crippen MR) is 193 cm³/mol. The molecule has 288 valence electrons. The van der Waals surface area contributed by atoms with Crippen LogP contribution in [0.2, 0.25) is 0 Å². The molecule has 0 bridgehead atoms. The van der Waals surface area contributed by atoms with E-state index in [0.29, 0.717) is 32.6 Å². The van der Waals surface area contributed by atoms with E-state index in [-0.39, 0.29) is 13.2 Å². The summed E-state index contributed by atoms with van der Waals surface area (Å²) in [6, 6.07) is 7.77. The molecule has 2 rings (SSSR count). The van der Waals surface area contributed by atoms with Gasteiger partial charge in [0.05, 0.1) is 6.61 Å². The van der Waals surface area contributed by atoms with E-state index in [4.69, 9.17) is 25.7 Å². The van der Waals surface area contributed by atoms with E-state index in [1.54, 1.807) is 0 Å². The molecule has 1 aliphatic heterocycles. The van der Waals surface area contributed by atoms with Crippen molar-refractivity contribution in [2.24, 2.45) is 11.5 Å². The van der Waals surface area contributed by atoms with Gasteiger partial charge >= 0.3 is 12.1 Å².